The zero-order valence-electron chi connectivity index (χ0n) is 14.5. The lowest BCUT2D eigenvalue weighted by Gasteiger charge is -2.26. The zero-order chi connectivity index (χ0) is 19.6. The van der Waals surface area contributed by atoms with E-state index in [2.05, 4.69) is 21.2 Å². The van der Waals surface area contributed by atoms with Gasteiger partial charge in [-0.05, 0) is 48.0 Å². The van der Waals surface area contributed by atoms with Gasteiger partial charge < -0.3 is 9.47 Å². The molecule has 138 valence electrons. The highest BCUT2D eigenvalue weighted by Crippen LogP contribution is 2.29. The maximum Gasteiger partial charge on any atom is 0.335 e. The molecule has 0 bridgehead atoms. The molecule has 8 heteroatoms. The van der Waals surface area contributed by atoms with Crippen molar-refractivity contribution in [1.29, 1.82) is 0 Å². The van der Waals surface area contributed by atoms with Crippen LogP contribution >= 0.6 is 15.9 Å². The van der Waals surface area contributed by atoms with Gasteiger partial charge in [0.05, 0.1) is 19.9 Å². The van der Waals surface area contributed by atoms with Gasteiger partial charge >= 0.3 is 6.03 Å². The van der Waals surface area contributed by atoms with E-state index in [0.29, 0.717) is 22.7 Å². The molecule has 0 unspecified atom stereocenters. The molecule has 2 aromatic rings. The Morgan fingerprint density at radius 3 is 2.26 bits per heavy atom. The molecule has 0 radical (unpaired) electrons. The number of nitrogens with zero attached hydrogens (tertiary/aromatic N) is 1. The number of hydrogen-bond donors (Lipinski definition) is 1. The number of rotatable bonds is 4. The Morgan fingerprint density at radius 1 is 0.963 bits per heavy atom. The normalized spacial score (nSPS) is 15.7. The second kappa shape index (κ2) is 7.63. The zero-order valence-corrected chi connectivity index (χ0v) is 16.1. The minimum absolute atomic E-state index is 0.162. The van der Waals surface area contributed by atoms with Gasteiger partial charge in [-0.15, -0.1) is 0 Å². The van der Waals surface area contributed by atoms with Gasteiger partial charge in [-0.1, -0.05) is 22.0 Å². The maximum absolute atomic E-state index is 12.8. The Kier molecular flexibility index (Phi) is 5.27. The molecule has 27 heavy (non-hydrogen) atoms. The fraction of sp³-hybridized carbons (Fsp3) is 0.105. The highest BCUT2D eigenvalue weighted by molar-refractivity contribution is 9.10. The molecule has 1 heterocycles. The predicted octanol–water partition coefficient (Wildman–Crippen LogP) is 3.13. The molecule has 1 N–H and O–H groups in total. The molecular formula is C19H15BrN2O5. The molecule has 3 rings (SSSR count). The second-order valence-corrected chi connectivity index (χ2v) is 6.46. The van der Waals surface area contributed by atoms with Crippen LogP contribution in [-0.2, 0) is 9.59 Å². The second-order valence-electron chi connectivity index (χ2n) is 5.55. The van der Waals surface area contributed by atoms with E-state index in [0.717, 1.165) is 9.37 Å². The molecule has 1 fully saturated rings. The van der Waals surface area contributed by atoms with E-state index in [1.807, 2.05) is 0 Å². The van der Waals surface area contributed by atoms with E-state index >= 15 is 0 Å². The van der Waals surface area contributed by atoms with E-state index in [4.69, 9.17) is 9.47 Å². The van der Waals surface area contributed by atoms with Gasteiger partial charge in [-0.25, -0.2) is 9.69 Å². The summed E-state index contributed by atoms with van der Waals surface area (Å²) in [5, 5.41) is 2.19. The largest absolute Gasteiger partial charge is 0.493 e. The van der Waals surface area contributed by atoms with Crippen LogP contribution in [0.15, 0.2) is 52.5 Å². The number of imide groups is 2. The van der Waals surface area contributed by atoms with Crippen molar-refractivity contribution < 1.29 is 23.9 Å². The number of halogens is 1. The molecule has 4 amide bonds. The van der Waals surface area contributed by atoms with Gasteiger partial charge in [0.2, 0.25) is 0 Å². The number of methoxy groups -OCH3 is 2. The van der Waals surface area contributed by atoms with E-state index in [9.17, 15) is 14.4 Å². The van der Waals surface area contributed by atoms with Gasteiger partial charge in [0, 0.05) is 4.47 Å². The van der Waals surface area contributed by atoms with Gasteiger partial charge in [-0.2, -0.15) is 0 Å². The summed E-state index contributed by atoms with van der Waals surface area (Å²) in [4.78, 5) is 38.1. The van der Waals surface area contributed by atoms with E-state index in [1.54, 1.807) is 42.5 Å². The van der Waals surface area contributed by atoms with E-state index in [-0.39, 0.29) is 5.57 Å². The first kappa shape index (κ1) is 18.7. The van der Waals surface area contributed by atoms with Crippen LogP contribution < -0.4 is 19.7 Å². The number of nitrogens with one attached hydrogen (secondary N) is 1. The number of ether oxygens (including phenoxy) is 2. The van der Waals surface area contributed by atoms with Crippen molar-refractivity contribution in [2.24, 2.45) is 0 Å². The van der Waals surface area contributed by atoms with Crippen molar-refractivity contribution in [3.63, 3.8) is 0 Å². The first-order valence-corrected chi connectivity index (χ1v) is 8.63. The minimum Gasteiger partial charge on any atom is -0.493 e. The summed E-state index contributed by atoms with van der Waals surface area (Å²) in [6, 6.07) is 10.8. The van der Waals surface area contributed by atoms with E-state index in [1.165, 1.54) is 20.3 Å². The molecule has 1 saturated heterocycles. The van der Waals surface area contributed by atoms with Crippen LogP contribution in [0.25, 0.3) is 6.08 Å². The summed E-state index contributed by atoms with van der Waals surface area (Å²) >= 11 is 3.30. The Balaban J connectivity index is 2.00. The highest BCUT2D eigenvalue weighted by atomic mass is 79.9. The average molecular weight is 431 g/mol. The smallest absolute Gasteiger partial charge is 0.335 e. The number of anilines is 1. The van der Waals surface area contributed by atoms with Crippen LogP contribution in [0.4, 0.5) is 10.5 Å². The third-order valence-corrected chi connectivity index (χ3v) is 4.43. The quantitative estimate of drug-likeness (QED) is 0.594. The lowest BCUT2D eigenvalue weighted by Crippen LogP contribution is -2.54. The first-order valence-electron chi connectivity index (χ1n) is 7.83. The van der Waals surface area contributed by atoms with Crippen LogP contribution in [0.5, 0.6) is 11.5 Å². The summed E-state index contributed by atoms with van der Waals surface area (Å²) in [6.07, 6.45) is 1.40. The fourth-order valence-corrected chi connectivity index (χ4v) is 2.86. The number of carbonyl (C=O) groups is 3. The third kappa shape index (κ3) is 3.70. The van der Waals surface area contributed by atoms with Gasteiger partial charge in [0.15, 0.2) is 11.5 Å². The molecule has 0 aliphatic carbocycles. The SMILES string of the molecule is COc1ccc(C=C2C(=O)NC(=O)N(c3ccc(Br)cc3)C2=O)cc1OC. The summed E-state index contributed by atoms with van der Waals surface area (Å²) < 4.78 is 11.2. The predicted molar refractivity (Wildman–Crippen MR) is 103 cm³/mol. The lowest BCUT2D eigenvalue weighted by atomic mass is 10.1. The average Bonchev–Trinajstić information content (AvgIpc) is 2.66. The topological polar surface area (TPSA) is 84.9 Å². The van der Waals surface area contributed by atoms with Crippen LogP contribution in [-0.4, -0.2) is 32.1 Å². The number of hydrogen-bond acceptors (Lipinski definition) is 5. The lowest BCUT2D eigenvalue weighted by molar-refractivity contribution is -0.122. The van der Waals surface area contributed by atoms with Crippen molar-refractivity contribution in [3.8, 4) is 11.5 Å². The Morgan fingerprint density at radius 2 is 1.63 bits per heavy atom. The molecule has 1 aliphatic rings. The summed E-state index contributed by atoms with van der Waals surface area (Å²) in [6.45, 7) is 0. The molecule has 0 aromatic heterocycles. The van der Waals surface area contributed by atoms with Gasteiger partial charge in [-0.3, -0.25) is 14.9 Å². The van der Waals surface area contributed by atoms with Crippen LogP contribution in [0.1, 0.15) is 5.56 Å². The highest BCUT2D eigenvalue weighted by Gasteiger charge is 2.36. The first-order chi connectivity index (χ1) is 12.9. The van der Waals surface area contributed by atoms with Crippen molar-refractivity contribution in [3.05, 3.63) is 58.1 Å². The number of barbiturate groups is 1. The molecule has 0 spiro atoms. The Bertz CT molecular complexity index is 953. The van der Waals surface area contributed by atoms with Crippen LogP contribution in [0, 0.1) is 0 Å². The minimum atomic E-state index is -0.795. The monoisotopic (exact) mass is 430 g/mol. The number of carbonyl (C=O) groups excluding carboxylic acids is 3. The standard InChI is InChI=1S/C19H15BrN2O5/c1-26-15-8-3-11(10-16(15)27-2)9-14-17(23)21-19(25)22(18(14)24)13-6-4-12(20)5-7-13/h3-10H,1-2H3,(H,21,23,25). The Labute approximate surface area is 163 Å². The summed E-state index contributed by atoms with van der Waals surface area (Å²) in [5.74, 6) is -0.490. The van der Waals surface area contributed by atoms with Crippen LogP contribution in [0.3, 0.4) is 0 Å². The third-order valence-electron chi connectivity index (χ3n) is 3.91. The molecule has 0 saturated carbocycles. The number of amides is 4. The molecule has 0 atom stereocenters. The van der Waals surface area contributed by atoms with Gasteiger partial charge in [0.1, 0.15) is 5.57 Å². The van der Waals surface area contributed by atoms with Crippen molar-refractivity contribution in [2.45, 2.75) is 0 Å². The molecule has 2 aromatic carbocycles. The van der Waals surface area contributed by atoms with Crippen LogP contribution in [0.2, 0.25) is 0 Å². The van der Waals surface area contributed by atoms with Crippen molar-refractivity contribution in [1.82, 2.24) is 5.32 Å². The summed E-state index contributed by atoms with van der Waals surface area (Å²) in [5.41, 5.74) is 0.743. The van der Waals surface area contributed by atoms with Crippen molar-refractivity contribution in [2.75, 3.05) is 19.1 Å². The van der Waals surface area contributed by atoms with E-state index < -0.39 is 17.8 Å². The maximum atomic E-state index is 12.8. The number of benzene rings is 2. The molecular weight excluding hydrogens is 416 g/mol. The molecule has 1 aliphatic heterocycles. The summed E-state index contributed by atoms with van der Waals surface area (Å²) in [7, 11) is 3.00. The van der Waals surface area contributed by atoms with Gasteiger partial charge in [0.25, 0.3) is 11.8 Å². The van der Waals surface area contributed by atoms with Crippen molar-refractivity contribution >= 4 is 45.5 Å². The molecule has 7 nitrogen and oxygen atoms in total. The Hall–Kier alpha value is -3.13. The number of urea groups is 1. The fourth-order valence-electron chi connectivity index (χ4n) is 2.59.